The molecule has 0 amide bonds. The van der Waals surface area contributed by atoms with Crippen molar-refractivity contribution in [2.45, 2.75) is 20.3 Å². The fourth-order valence-corrected chi connectivity index (χ4v) is 2.42. The molecule has 0 spiro atoms. The summed E-state index contributed by atoms with van der Waals surface area (Å²) in [5.74, 6) is 1.87. The number of nitrogens with one attached hydrogen (secondary N) is 1. The van der Waals surface area contributed by atoms with Gasteiger partial charge in [-0.1, -0.05) is 12.1 Å². The Balaban J connectivity index is 1.86. The maximum Gasteiger partial charge on any atom is 0.128 e. The van der Waals surface area contributed by atoms with E-state index in [-0.39, 0.29) is 0 Å². The van der Waals surface area contributed by atoms with E-state index >= 15 is 0 Å². The summed E-state index contributed by atoms with van der Waals surface area (Å²) in [5, 5.41) is 3.37. The van der Waals surface area contributed by atoms with Crippen LogP contribution in [0.1, 0.15) is 18.1 Å². The maximum atomic E-state index is 5.43. The van der Waals surface area contributed by atoms with Gasteiger partial charge in [0.25, 0.3) is 0 Å². The van der Waals surface area contributed by atoms with Gasteiger partial charge in [0.2, 0.25) is 0 Å². The molecule has 20 heavy (non-hydrogen) atoms. The molecule has 106 valence electrons. The predicted molar refractivity (Wildman–Crippen MR) is 86.5 cm³/mol. The first kappa shape index (κ1) is 14.9. The van der Waals surface area contributed by atoms with E-state index in [1.807, 2.05) is 25.3 Å². The van der Waals surface area contributed by atoms with Crippen LogP contribution in [0.2, 0.25) is 0 Å². The Labute approximate surface area is 128 Å². The van der Waals surface area contributed by atoms with Gasteiger partial charge in [0.15, 0.2) is 0 Å². The number of ether oxygens (including phenoxy) is 1. The monoisotopic (exact) mass is 334 g/mol. The number of hydrogen-bond donors (Lipinski definition) is 1. The van der Waals surface area contributed by atoms with Gasteiger partial charge in [0, 0.05) is 17.2 Å². The smallest absolute Gasteiger partial charge is 0.128 e. The molecule has 0 saturated heterocycles. The summed E-state index contributed by atoms with van der Waals surface area (Å²) in [7, 11) is 0. The van der Waals surface area contributed by atoms with Crippen LogP contribution in [-0.2, 0) is 6.42 Å². The molecule has 0 bridgehead atoms. The molecule has 1 aromatic heterocycles. The second-order valence-corrected chi connectivity index (χ2v) is 5.49. The molecule has 2 aromatic rings. The van der Waals surface area contributed by atoms with Crippen LogP contribution >= 0.6 is 15.9 Å². The van der Waals surface area contributed by atoms with Crippen LogP contribution in [0, 0.1) is 6.92 Å². The van der Waals surface area contributed by atoms with Gasteiger partial charge in [-0.3, -0.25) is 0 Å². The highest BCUT2D eigenvalue weighted by molar-refractivity contribution is 9.10. The number of benzene rings is 1. The van der Waals surface area contributed by atoms with Crippen LogP contribution in [0.25, 0.3) is 0 Å². The summed E-state index contributed by atoms with van der Waals surface area (Å²) in [6, 6.07) is 10.3. The molecule has 0 fully saturated rings. The molecule has 0 saturated carbocycles. The Morgan fingerprint density at radius 3 is 2.65 bits per heavy atom. The van der Waals surface area contributed by atoms with Crippen LogP contribution < -0.4 is 10.1 Å². The Bertz CT molecular complexity index is 555. The normalized spacial score (nSPS) is 10.3. The lowest BCUT2D eigenvalue weighted by molar-refractivity contribution is 0.340. The van der Waals surface area contributed by atoms with Crippen LogP contribution in [0.5, 0.6) is 5.75 Å². The van der Waals surface area contributed by atoms with E-state index in [1.165, 1.54) is 5.56 Å². The first-order valence-electron chi connectivity index (χ1n) is 6.77. The number of pyridine rings is 1. The molecule has 2 rings (SSSR count). The van der Waals surface area contributed by atoms with Gasteiger partial charge in [-0.25, -0.2) is 4.98 Å². The van der Waals surface area contributed by atoms with Crippen molar-refractivity contribution >= 4 is 21.7 Å². The van der Waals surface area contributed by atoms with Gasteiger partial charge in [-0.2, -0.15) is 0 Å². The van der Waals surface area contributed by atoms with Gasteiger partial charge in [-0.05, 0) is 65.5 Å². The molecule has 0 unspecified atom stereocenters. The third-order valence-electron chi connectivity index (χ3n) is 2.99. The summed E-state index contributed by atoms with van der Waals surface area (Å²) in [5.41, 5.74) is 2.43. The lowest BCUT2D eigenvalue weighted by atomic mass is 10.1. The number of hydrogen-bond acceptors (Lipinski definition) is 3. The van der Waals surface area contributed by atoms with Crippen LogP contribution in [0.3, 0.4) is 0 Å². The van der Waals surface area contributed by atoms with Gasteiger partial charge >= 0.3 is 0 Å². The highest BCUT2D eigenvalue weighted by Gasteiger charge is 2.00. The molecule has 0 aliphatic carbocycles. The number of aryl methyl sites for hydroxylation is 1. The minimum absolute atomic E-state index is 0.704. The van der Waals surface area contributed by atoms with Crippen molar-refractivity contribution in [3.05, 3.63) is 52.1 Å². The lowest BCUT2D eigenvalue weighted by Gasteiger charge is -2.09. The molecular formula is C16H19BrN2O. The summed E-state index contributed by atoms with van der Waals surface area (Å²) >= 11 is 3.42. The molecule has 3 nitrogen and oxygen atoms in total. The van der Waals surface area contributed by atoms with Crippen molar-refractivity contribution in [3.63, 3.8) is 0 Å². The molecular weight excluding hydrogens is 316 g/mol. The van der Waals surface area contributed by atoms with Gasteiger partial charge in [-0.15, -0.1) is 0 Å². The largest absolute Gasteiger partial charge is 0.494 e. The number of anilines is 1. The number of halogens is 1. The van der Waals surface area contributed by atoms with Gasteiger partial charge in [0.1, 0.15) is 11.6 Å². The molecule has 4 heteroatoms. The van der Waals surface area contributed by atoms with Gasteiger partial charge < -0.3 is 10.1 Å². The Kier molecular flexibility index (Phi) is 5.41. The van der Waals surface area contributed by atoms with E-state index in [2.05, 4.69) is 51.4 Å². The van der Waals surface area contributed by atoms with Crippen LogP contribution in [0.4, 0.5) is 5.82 Å². The summed E-state index contributed by atoms with van der Waals surface area (Å²) < 4.78 is 6.44. The fraction of sp³-hybridized carbons (Fsp3) is 0.312. The highest BCUT2D eigenvalue weighted by Crippen LogP contribution is 2.17. The topological polar surface area (TPSA) is 34.1 Å². The molecule has 0 aliphatic rings. The lowest BCUT2D eigenvalue weighted by Crippen LogP contribution is -2.07. The number of aromatic nitrogens is 1. The third-order valence-corrected chi connectivity index (χ3v) is 3.42. The van der Waals surface area contributed by atoms with E-state index in [0.717, 1.165) is 34.6 Å². The highest BCUT2D eigenvalue weighted by atomic mass is 79.9. The minimum Gasteiger partial charge on any atom is -0.494 e. The second kappa shape index (κ2) is 7.29. The average molecular weight is 335 g/mol. The maximum absolute atomic E-state index is 5.43. The summed E-state index contributed by atoms with van der Waals surface area (Å²) in [4.78, 5) is 4.37. The molecule has 1 N–H and O–H groups in total. The van der Waals surface area contributed by atoms with Crippen LogP contribution in [0.15, 0.2) is 41.0 Å². The van der Waals surface area contributed by atoms with Crippen molar-refractivity contribution in [2.24, 2.45) is 0 Å². The predicted octanol–water partition coefficient (Wildman–Crippen LogP) is 4.21. The first-order valence-corrected chi connectivity index (χ1v) is 7.56. The van der Waals surface area contributed by atoms with E-state index < -0.39 is 0 Å². The van der Waals surface area contributed by atoms with Crippen LogP contribution in [-0.4, -0.2) is 18.1 Å². The first-order chi connectivity index (χ1) is 9.69. The second-order valence-electron chi connectivity index (χ2n) is 4.57. The molecule has 0 aliphatic heterocycles. The van der Waals surface area contributed by atoms with Crippen molar-refractivity contribution in [3.8, 4) is 5.75 Å². The van der Waals surface area contributed by atoms with E-state index in [1.54, 1.807) is 0 Å². The number of rotatable bonds is 6. The standard InChI is InChI=1S/C16H19BrN2O/c1-3-20-15-6-4-13(5-7-15)8-9-18-16-12(2)10-14(17)11-19-16/h4-7,10-11H,3,8-9H2,1-2H3,(H,18,19). The SMILES string of the molecule is CCOc1ccc(CCNc2ncc(Br)cc2C)cc1. The van der Waals surface area contributed by atoms with E-state index in [0.29, 0.717) is 6.61 Å². The fourth-order valence-electron chi connectivity index (χ4n) is 1.97. The van der Waals surface area contributed by atoms with E-state index in [4.69, 9.17) is 4.74 Å². The quantitative estimate of drug-likeness (QED) is 0.859. The van der Waals surface area contributed by atoms with Crippen molar-refractivity contribution in [2.75, 3.05) is 18.5 Å². The summed E-state index contributed by atoms with van der Waals surface area (Å²) in [6.45, 7) is 5.61. The van der Waals surface area contributed by atoms with Gasteiger partial charge in [0.05, 0.1) is 6.61 Å². The Morgan fingerprint density at radius 1 is 1.25 bits per heavy atom. The van der Waals surface area contributed by atoms with E-state index in [9.17, 15) is 0 Å². The van der Waals surface area contributed by atoms with Crippen molar-refractivity contribution in [1.29, 1.82) is 0 Å². The summed E-state index contributed by atoms with van der Waals surface area (Å²) in [6.07, 6.45) is 2.77. The molecule has 0 radical (unpaired) electrons. The molecule has 1 aromatic carbocycles. The average Bonchev–Trinajstić information content (AvgIpc) is 2.43. The minimum atomic E-state index is 0.704. The number of nitrogens with zero attached hydrogens (tertiary/aromatic N) is 1. The molecule has 1 heterocycles. The Hall–Kier alpha value is -1.55. The third kappa shape index (κ3) is 4.23. The van der Waals surface area contributed by atoms with Crippen molar-refractivity contribution < 1.29 is 4.74 Å². The zero-order chi connectivity index (χ0) is 14.4. The molecule has 0 atom stereocenters. The van der Waals surface area contributed by atoms with Crippen molar-refractivity contribution in [1.82, 2.24) is 4.98 Å². The zero-order valence-corrected chi connectivity index (χ0v) is 13.4. The Morgan fingerprint density at radius 2 is 2.00 bits per heavy atom. The zero-order valence-electron chi connectivity index (χ0n) is 11.8.